The number of hydrogen-bond donors (Lipinski definition) is 4. The Hall–Kier alpha value is -2.71. The molecule has 8 heteroatoms. The van der Waals surface area contributed by atoms with Crippen molar-refractivity contribution >= 4 is 0 Å². The van der Waals surface area contributed by atoms with Gasteiger partial charge in [-0.2, -0.15) is 0 Å². The Morgan fingerprint density at radius 1 is 0.958 bits per heavy atom. The van der Waals surface area contributed by atoms with Crippen LogP contribution in [0, 0.1) is 0 Å². The maximum Gasteiger partial charge on any atom is 0.227 e. The van der Waals surface area contributed by atoms with E-state index in [0.717, 1.165) is 12.1 Å². The van der Waals surface area contributed by atoms with Crippen LogP contribution in [0.3, 0.4) is 0 Å². The van der Waals surface area contributed by atoms with Gasteiger partial charge in [0.25, 0.3) is 0 Å². The smallest absolute Gasteiger partial charge is 0.227 e. The Bertz CT molecular complexity index is 809. The van der Waals surface area contributed by atoms with Crippen LogP contribution in [0.4, 0.5) is 0 Å². The predicted molar refractivity (Wildman–Crippen MR) is 83.2 cm³/mol. The van der Waals surface area contributed by atoms with Crippen LogP contribution in [0.25, 0.3) is 11.3 Å². The third-order valence-corrected chi connectivity index (χ3v) is 3.79. The van der Waals surface area contributed by atoms with Crippen LogP contribution in [0.2, 0.25) is 0 Å². The van der Waals surface area contributed by atoms with Crippen LogP contribution >= 0.6 is 0 Å². The SMILES string of the molecule is O=c1cc(CN2CCOCC2)oc(-c2cc(O)c(O)cc2O)c1O. The van der Waals surface area contributed by atoms with Crippen LogP contribution in [0.1, 0.15) is 5.76 Å². The Morgan fingerprint density at radius 3 is 2.33 bits per heavy atom. The molecular weight excluding hydrogens is 318 g/mol. The summed E-state index contributed by atoms with van der Waals surface area (Å²) in [6.45, 7) is 2.89. The minimum atomic E-state index is -0.680. The van der Waals surface area contributed by atoms with Gasteiger partial charge in [0.15, 0.2) is 17.3 Å². The summed E-state index contributed by atoms with van der Waals surface area (Å²) >= 11 is 0. The van der Waals surface area contributed by atoms with Crippen LogP contribution in [0.15, 0.2) is 27.4 Å². The maximum atomic E-state index is 12.0. The highest BCUT2D eigenvalue weighted by Gasteiger charge is 2.20. The number of rotatable bonds is 3. The van der Waals surface area contributed by atoms with E-state index in [1.54, 1.807) is 0 Å². The zero-order chi connectivity index (χ0) is 17.3. The molecule has 3 rings (SSSR count). The van der Waals surface area contributed by atoms with Crippen molar-refractivity contribution in [3.05, 3.63) is 34.2 Å². The van der Waals surface area contributed by atoms with Crippen molar-refractivity contribution in [1.82, 2.24) is 4.90 Å². The summed E-state index contributed by atoms with van der Waals surface area (Å²) in [7, 11) is 0. The molecule has 0 bridgehead atoms. The fourth-order valence-electron chi connectivity index (χ4n) is 2.52. The van der Waals surface area contributed by atoms with Crippen LogP contribution in [-0.2, 0) is 11.3 Å². The number of aromatic hydroxyl groups is 4. The van der Waals surface area contributed by atoms with Gasteiger partial charge in [-0.25, -0.2) is 0 Å². The summed E-state index contributed by atoms with van der Waals surface area (Å²) in [6, 6.07) is 3.10. The number of hydrogen-bond acceptors (Lipinski definition) is 8. The fourth-order valence-corrected chi connectivity index (χ4v) is 2.52. The molecule has 0 radical (unpaired) electrons. The van der Waals surface area contributed by atoms with E-state index in [4.69, 9.17) is 9.15 Å². The topological polar surface area (TPSA) is 124 Å². The maximum absolute atomic E-state index is 12.0. The lowest BCUT2D eigenvalue weighted by molar-refractivity contribution is 0.0311. The van der Waals surface area contributed by atoms with Crippen molar-refractivity contribution in [2.24, 2.45) is 0 Å². The van der Waals surface area contributed by atoms with E-state index in [1.807, 2.05) is 4.90 Å². The molecule has 0 atom stereocenters. The number of phenols is 3. The van der Waals surface area contributed by atoms with E-state index in [0.29, 0.717) is 38.6 Å². The van der Waals surface area contributed by atoms with E-state index in [-0.39, 0.29) is 11.3 Å². The summed E-state index contributed by atoms with van der Waals surface area (Å²) < 4.78 is 10.8. The Morgan fingerprint density at radius 2 is 1.62 bits per heavy atom. The lowest BCUT2D eigenvalue weighted by Gasteiger charge is -2.26. The standard InChI is InChI=1S/C16H17NO7/c18-11-7-13(20)12(19)6-10(11)16-15(22)14(21)5-9(24-16)8-17-1-3-23-4-2-17/h5-7,18-20,22H,1-4,8H2. The van der Waals surface area contributed by atoms with Gasteiger partial charge in [0.2, 0.25) is 11.2 Å². The second-order valence-corrected chi connectivity index (χ2v) is 5.50. The van der Waals surface area contributed by atoms with Crippen molar-refractivity contribution in [3.63, 3.8) is 0 Å². The van der Waals surface area contributed by atoms with Gasteiger partial charge in [-0.3, -0.25) is 9.69 Å². The summed E-state index contributed by atoms with van der Waals surface area (Å²) in [5.74, 6) is -2.11. The molecule has 1 aliphatic rings. The lowest BCUT2D eigenvalue weighted by atomic mass is 10.1. The van der Waals surface area contributed by atoms with Gasteiger partial charge in [-0.15, -0.1) is 0 Å². The van der Waals surface area contributed by atoms with E-state index in [2.05, 4.69) is 0 Å². The average Bonchev–Trinajstić information content (AvgIpc) is 2.55. The predicted octanol–water partition coefficient (Wildman–Crippen LogP) is 0.961. The molecule has 2 heterocycles. The lowest BCUT2D eigenvalue weighted by Crippen LogP contribution is -2.35. The number of ether oxygens (including phenoxy) is 1. The zero-order valence-electron chi connectivity index (χ0n) is 12.7. The second-order valence-electron chi connectivity index (χ2n) is 5.50. The summed E-state index contributed by atoms with van der Waals surface area (Å²) in [5, 5.41) is 38.9. The van der Waals surface area contributed by atoms with E-state index >= 15 is 0 Å². The molecule has 1 aliphatic heterocycles. The highest BCUT2D eigenvalue weighted by Crippen LogP contribution is 2.40. The molecule has 8 nitrogen and oxygen atoms in total. The van der Waals surface area contributed by atoms with Crippen molar-refractivity contribution in [3.8, 4) is 34.3 Å². The molecule has 0 spiro atoms. The molecule has 4 N–H and O–H groups in total. The Balaban J connectivity index is 2.01. The number of phenolic OH excluding ortho intramolecular Hbond substituents is 3. The van der Waals surface area contributed by atoms with Gasteiger partial charge >= 0.3 is 0 Å². The molecule has 0 aliphatic carbocycles. The number of benzene rings is 1. The first kappa shape index (κ1) is 16.2. The first-order valence-electron chi connectivity index (χ1n) is 7.37. The molecule has 1 saturated heterocycles. The fraction of sp³-hybridized carbons (Fsp3) is 0.312. The molecule has 0 saturated carbocycles. The first-order valence-corrected chi connectivity index (χ1v) is 7.37. The molecule has 128 valence electrons. The van der Waals surface area contributed by atoms with E-state index < -0.39 is 28.4 Å². The summed E-state index contributed by atoms with van der Waals surface area (Å²) in [5.41, 5.74) is -0.754. The monoisotopic (exact) mass is 335 g/mol. The minimum Gasteiger partial charge on any atom is -0.507 e. The molecule has 2 aromatic rings. The molecule has 0 amide bonds. The third kappa shape index (κ3) is 3.15. The summed E-state index contributed by atoms with van der Waals surface area (Å²) in [6.07, 6.45) is 0. The van der Waals surface area contributed by atoms with Crippen molar-refractivity contribution < 1.29 is 29.6 Å². The number of morpholine rings is 1. The van der Waals surface area contributed by atoms with Crippen molar-refractivity contribution in [1.29, 1.82) is 0 Å². The minimum absolute atomic E-state index is 0.0938. The van der Waals surface area contributed by atoms with Gasteiger partial charge in [0.1, 0.15) is 11.5 Å². The van der Waals surface area contributed by atoms with Crippen LogP contribution < -0.4 is 5.43 Å². The van der Waals surface area contributed by atoms with Crippen LogP contribution in [-0.4, -0.2) is 51.6 Å². The molecule has 24 heavy (non-hydrogen) atoms. The largest absolute Gasteiger partial charge is 0.507 e. The van der Waals surface area contributed by atoms with Gasteiger partial charge in [-0.1, -0.05) is 0 Å². The summed E-state index contributed by atoms with van der Waals surface area (Å²) in [4.78, 5) is 14.0. The quantitative estimate of drug-likeness (QED) is 0.483. The zero-order valence-corrected chi connectivity index (χ0v) is 12.7. The van der Waals surface area contributed by atoms with E-state index in [1.165, 1.54) is 6.07 Å². The first-order chi connectivity index (χ1) is 11.5. The Kier molecular flexibility index (Phi) is 4.32. The van der Waals surface area contributed by atoms with Gasteiger partial charge in [0, 0.05) is 25.2 Å². The molecule has 1 aromatic heterocycles. The Labute approximate surface area is 136 Å². The third-order valence-electron chi connectivity index (χ3n) is 3.79. The molecule has 1 fully saturated rings. The van der Waals surface area contributed by atoms with E-state index in [9.17, 15) is 25.2 Å². The van der Waals surface area contributed by atoms with Gasteiger partial charge in [0.05, 0.1) is 25.3 Å². The normalized spacial score (nSPS) is 15.5. The average molecular weight is 335 g/mol. The highest BCUT2D eigenvalue weighted by molar-refractivity contribution is 5.73. The highest BCUT2D eigenvalue weighted by atomic mass is 16.5. The molecular formula is C16H17NO7. The second kappa shape index (κ2) is 6.42. The molecule has 0 unspecified atom stereocenters. The van der Waals surface area contributed by atoms with Gasteiger partial charge in [-0.05, 0) is 6.07 Å². The van der Waals surface area contributed by atoms with Crippen LogP contribution in [0.5, 0.6) is 23.0 Å². The van der Waals surface area contributed by atoms with Crippen molar-refractivity contribution in [2.45, 2.75) is 6.54 Å². The number of nitrogens with zero attached hydrogens (tertiary/aromatic N) is 1. The molecule has 1 aromatic carbocycles. The van der Waals surface area contributed by atoms with Crippen molar-refractivity contribution in [2.75, 3.05) is 26.3 Å². The van der Waals surface area contributed by atoms with Gasteiger partial charge < -0.3 is 29.6 Å².